The average Bonchev–Trinajstić information content (AvgIpc) is 3.22. The Labute approximate surface area is 174 Å². The first kappa shape index (κ1) is 20.2. The van der Waals surface area contributed by atoms with Gasteiger partial charge in [0.25, 0.3) is 5.91 Å². The molecule has 1 heterocycles. The van der Waals surface area contributed by atoms with Gasteiger partial charge in [0.05, 0.1) is 11.5 Å². The monoisotopic (exact) mass is 407 g/mol. The van der Waals surface area contributed by atoms with Gasteiger partial charge in [-0.15, -0.1) is 0 Å². The van der Waals surface area contributed by atoms with Crippen molar-refractivity contribution in [3.63, 3.8) is 0 Å². The number of carbonyl (C=O) groups is 1. The van der Waals surface area contributed by atoms with Crippen molar-refractivity contribution in [2.45, 2.75) is 45.3 Å². The number of hydrogen-bond donors (Lipinski definition) is 2. The fourth-order valence-corrected chi connectivity index (χ4v) is 3.98. The molecule has 2 N–H and O–H groups in total. The predicted molar refractivity (Wildman–Crippen MR) is 114 cm³/mol. The molecule has 1 amide bonds. The van der Waals surface area contributed by atoms with Crippen molar-refractivity contribution in [3.05, 3.63) is 75.1 Å². The zero-order valence-electron chi connectivity index (χ0n) is 17.1. The van der Waals surface area contributed by atoms with Gasteiger partial charge in [-0.3, -0.25) is 4.79 Å². The molecule has 3 aromatic rings. The van der Waals surface area contributed by atoms with E-state index < -0.39 is 12.2 Å². The fraction of sp³-hybridized carbons (Fsp3) is 0.333. The Morgan fingerprint density at radius 3 is 2.70 bits per heavy atom. The van der Waals surface area contributed by atoms with E-state index in [1.165, 1.54) is 0 Å². The van der Waals surface area contributed by atoms with Crippen molar-refractivity contribution in [3.8, 4) is 5.75 Å². The van der Waals surface area contributed by atoms with Crippen LogP contribution in [0.25, 0.3) is 11.0 Å². The molecule has 1 aliphatic rings. The molecule has 0 radical (unpaired) electrons. The summed E-state index contributed by atoms with van der Waals surface area (Å²) in [7, 11) is 0. The quantitative estimate of drug-likeness (QED) is 0.613. The van der Waals surface area contributed by atoms with Crippen LogP contribution < -0.4 is 15.7 Å². The zero-order chi connectivity index (χ0) is 21.3. The second kappa shape index (κ2) is 8.32. The van der Waals surface area contributed by atoms with Crippen molar-refractivity contribution in [1.29, 1.82) is 0 Å². The van der Waals surface area contributed by atoms with Gasteiger partial charge in [-0.1, -0.05) is 30.3 Å². The van der Waals surface area contributed by atoms with Crippen LogP contribution in [-0.4, -0.2) is 23.7 Å². The summed E-state index contributed by atoms with van der Waals surface area (Å²) in [6.45, 7) is 3.65. The number of amides is 1. The highest BCUT2D eigenvalue weighted by molar-refractivity contribution is 5.89. The summed E-state index contributed by atoms with van der Waals surface area (Å²) in [4.78, 5) is 24.8. The van der Waals surface area contributed by atoms with E-state index in [9.17, 15) is 14.7 Å². The second-order valence-corrected chi connectivity index (χ2v) is 7.77. The number of aliphatic hydroxyl groups excluding tert-OH is 1. The topological polar surface area (TPSA) is 88.8 Å². The number of nitrogens with one attached hydrogen (secondary N) is 1. The maximum Gasteiger partial charge on any atom is 0.339 e. The van der Waals surface area contributed by atoms with Crippen LogP contribution in [0, 0.1) is 6.92 Å². The Morgan fingerprint density at radius 2 is 1.93 bits per heavy atom. The number of rotatable bonds is 6. The number of fused-ring (bicyclic) bond motifs is 3. The fourth-order valence-electron chi connectivity index (χ4n) is 3.98. The Morgan fingerprint density at radius 1 is 1.20 bits per heavy atom. The summed E-state index contributed by atoms with van der Waals surface area (Å²) in [5.74, 6) is 0.215. The highest BCUT2D eigenvalue weighted by Crippen LogP contribution is 2.35. The van der Waals surface area contributed by atoms with Crippen molar-refractivity contribution in [2.24, 2.45) is 0 Å². The first-order valence-corrected chi connectivity index (χ1v) is 10.2. The minimum Gasteiger partial charge on any atom is -0.480 e. The van der Waals surface area contributed by atoms with Gasteiger partial charge in [-0.2, -0.15) is 0 Å². The van der Waals surface area contributed by atoms with Crippen molar-refractivity contribution < 1.29 is 19.1 Å². The predicted octanol–water partition coefficient (Wildman–Crippen LogP) is 3.21. The Balaban J connectivity index is 1.53. The van der Waals surface area contributed by atoms with E-state index in [-0.39, 0.29) is 18.1 Å². The third kappa shape index (κ3) is 3.96. The highest BCUT2D eigenvalue weighted by Gasteiger charge is 2.24. The smallest absolute Gasteiger partial charge is 0.339 e. The van der Waals surface area contributed by atoms with Gasteiger partial charge in [-0.05, 0) is 61.9 Å². The van der Waals surface area contributed by atoms with E-state index in [2.05, 4.69) is 5.32 Å². The summed E-state index contributed by atoms with van der Waals surface area (Å²) in [6.07, 6.45) is 0.830. The minimum atomic E-state index is -0.792. The van der Waals surface area contributed by atoms with Gasteiger partial charge in [0.2, 0.25) is 0 Å². The first-order valence-electron chi connectivity index (χ1n) is 10.2. The summed E-state index contributed by atoms with van der Waals surface area (Å²) in [5, 5.41) is 13.8. The standard InChI is InChI=1S/C24H25NO5/c1-14-11-20(22-17-9-6-10-18(17)24(28)30-21(22)12-14)29-15(2)23(27)25-13-19(26)16-7-4-3-5-8-16/h3-5,7-8,11-12,15,19,26H,6,9-10,13H2,1-2H3,(H,25,27)/t15-,19-/m0/s1. The number of hydrogen-bond acceptors (Lipinski definition) is 5. The molecule has 6 heteroatoms. The van der Waals surface area contributed by atoms with Crippen LogP contribution in [0.4, 0.5) is 0 Å². The molecule has 4 rings (SSSR count). The third-order valence-corrected chi connectivity index (χ3v) is 5.51. The lowest BCUT2D eigenvalue weighted by molar-refractivity contribution is -0.127. The summed E-state index contributed by atoms with van der Waals surface area (Å²) in [6, 6.07) is 12.9. The molecule has 0 fully saturated rings. The van der Waals surface area contributed by atoms with Gasteiger partial charge >= 0.3 is 5.63 Å². The van der Waals surface area contributed by atoms with E-state index in [0.29, 0.717) is 23.3 Å². The summed E-state index contributed by atoms with van der Waals surface area (Å²) in [5.41, 5.74) is 3.49. The van der Waals surface area contributed by atoms with E-state index in [4.69, 9.17) is 9.15 Å². The van der Waals surface area contributed by atoms with E-state index in [1.54, 1.807) is 6.92 Å². The molecule has 0 aliphatic heterocycles. The molecule has 0 bridgehead atoms. The maximum absolute atomic E-state index is 12.6. The lowest BCUT2D eigenvalue weighted by Crippen LogP contribution is -2.38. The van der Waals surface area contributed by atoms with Crippen LogP contribution in [0.15, 0.2) is 51.7 Å². The van der Waals surface area contributed by atoms with Crippen LogP contribution in [0.5, 0.6) is 5.75 Å². The second-order valence-electron chi connectivity index (χ2n) is 7.77. The van der Waals surface area contributed by atoms with Gasteiger partial charge < -0.3 is 19.6 Å². The molecular formula is C24H25NO5. The van der Waals surface area contributed by atoms with Crippen molar-refractivity contribution >= 4 is 16.9 Å². The molecular weight excluding hydrogens is 382 g/mol. The maximum atomic E-state index is 12.6. The Kier molecular flexibility index (Phi) is 5.59. The third-order valence-electron chi connectivity index (χ3n) is 5.51. The number of carbonyl (C=O) groups excluding carboxylic acids is 1. The van der Waals surface area contributed by atoms with E-state index >= 15 is 0 Å². The van der Waals surface area contributed by atoms with Crippen LogP contribution >= 0.6 is 0 Å². The van der Waals surface area contributed by atoms with E-state index in [1.807, 2.05) is 49.4 Å². The normalized spacial score (nSPS) is 14.9. The van der Waals surface area contributed by atoms with Crippen LogP contribution in [0.2, 0.25) is 0 Å². The molecule has 2 aromatic carbocycles. The van der Waals surface area contributed by atoms with Gasteiger partial charge in [0.1, 0.15) is 11.3 Å². The lowest BCUT2D eigenvalue weighted by Gasteiger charge is -2.19. The first-order chi connectivity index (χ1) is 14.4. The number of ether oxygens (including phenoxy) is 1. The molecule has 6 nitrogen and oxygen atoms in total. The average molecular weight is 407 g/mol. The molecule has 156 valence electrons. The molecule has 1 aromatic heterocycles. The number of aryl methyl sites for hydroxylation is 2. The lowest BCUT2D eigenvalue weighted by atomic mass is 10.0. The van der Waals surface area contributed by atoms with Crippen LogP contribution in [0.3, 0.4) is 0 Å². The number of benzene rings is 2. The molecule has 0 saturated heterocycles. The van der Waals surface area contributed by atoms with Gasteiger partial charge in [0.15, 0.2) is 6.10 Å². The summed E-state index contributed by atoms with van der Waals surface area (Å²) >= 11 is 0. The minimum absolute atomic E-state index is 0.0926. The number of aliphatic hydroxyl groups is 1. The van der Waals surface area contributed by atoms with Gasteiger partial charge in [0, 0.05) is 12.1 Å². The molecule has 30 heavy (non-hydrogen) atoms. The summed E-state index contributed by atoms with van der Waals surface area (Å²) < 4.78 is 11.5. The molecule has 1 aliphatic carbocycles. The molecule has 0 spiro atoms. The van der Waals surface area contributed by atoms with Crippen molar-refractivity contribution in [1.82, 2.24) is 5.32 Å². The molecule has 0 unspecified atom stereocenters. The molecule has 0 saturated carbocycles. The SMILES string of the molecule is Cc1cc(O[C@@H](C)C(=O)NC[C@H](O)c2ccccc2)c2c3c(c(=O)oc2c1)CCC3. The van der Waals surface area contributed by atoms with Gasteiger partial charge in [-0.25, -0.2) is 4.79 Å². The Bertz CT molecular complexity index is 1140. The largest absolute Gasteiger partial charge is 0.480 e. The zero-order valence-corrected chi connectivity index (χ0v) is 17.1. The Hall–Kier alpha value is -3.12. The van der Waals surface area contributed by atoms with Crippen LogP contribution in [-0.2, 0) is 17.6 Å². The van der Waals surface area contributed by atoms with Crippen molar-refractivity contribution in [2.75, 3.05) is 6.54 Å². The van der Waals surface area contributed by atoms with Crippen LogP contribution in [0.1, 0.15) is 41.7 Å². The molecule has 2 atom stereocenters. The van der Waals surface area contributed by atoms with E-state index in [0.717, 1.165) is 34.9 Å². The highest BCUT2D eigenvalue weighted by atomic mass is 16.5.